The summed E-state index contributed by atoms with van der Waals surface area (Å²) < 4.78 is 1.64. The molecule has 0 atom stereocenters. The number of likely N-dealkylation sites (tertiary alicyclic amines) is 2. The van der Waals surface area contributed by atoms with Gasteiger partial charge in [0, 0.05) is 43.2 Å². The molecule has 0 bridgehead atoms. The minimum Gasteiger partial charge on any atom is -0.342 e. The lowest BCUT2D eigenvalue weighted by atomic mass is 9.96. The Labute approximate surface area is 192 Å². The highest BCUT2D eigenvalue weighted by atomic mass is 16.2. The van der Waals surface area contributed by atoms with Crippen molar-refractivity contribution in [3.63, 3.8) is 0 Å². The number of carbonyl (C=O) groups is 2. The first-order valence-corrected chi connectivity index (χ1v) is 11.5. The van der Waals surface area contributed by atoms with E-state index in [9.17, 15) is 9.59 Å². The molecule has 2 aliphatic heterocycles. The van der Waals surface area contributed by atoms with Gasteiger partial charge in [0.1, 0.15) is 11.5 Å². The first-order chi connectivity index (χ1) is 16.0. The number of hydrogen-bond donors (Lipinski definition) is 1. The first-order valence-electron chi connectivity index (χ1n) is 11.5. The maximum Gasteiger partial charge on any atom is 0.236 e. The normalized spacial score (nSPS) is 17.5. The molecule has 0 saturated carbocycles. The zero-order valence-corrected chi connectivity index (χ0v) is 18.8. The van der Waals surface area contributed by atoms with Crippen molar-refractivity contribution in [3.8, 4) is 11.3 Å². The summed E-state index contributed by atoms with van der Waals surface area (Å²) in [6.45, 7) is 3.78. The minimum absolute atomic E-state index is 0.0495. The van der Waals surface area contributed by atoms with Gasteiger partial charge in [0.05, 0.1) is 24.5 Å². The van der Waals surface area contributed by atoms with Crippen molar-refractivity contribution in [1.29, 1.82) is 0 Å². The molecule has 5 rings (SSSR count). The molecule has 2 amide bonds. The van der Waals surface area contributed by atoms with Crippen molar-refractivity contribution >= 4 is 28.5 Å². The zero-order chi connectivity index (χ0) is 22.8. The van der Waals surface area contributed by atoms with Crippen LogP contribution >= 0.6 is 0 Å². The minimum atomic E-state index is -0.123. The molecule has 0 aliphatic carbocycles. The molecule has 0 aromatic carbocycles. The number of piperidine rings is 1. The van der Waals surface area contributed by atoms with Crippen LogP contribution in [0.1, 0.15) is 25.7 Å². The van der Waals surface area contributed by atoms with E-state index in [0.717, 1.165) is 35.2 Å². The summed E-state index contributed by atoms with van der Waals surface area (Å²) in [6.07, 6.45) is 8.92. The SMILES string of the molecule is Cn1cc(-c2cnc3cnc(NC(=O)C4CCN(C(=O)CN5CCCC5)CC4)cc3c2)nn1. The predicted molar refractivity (Wildman–Crippen MR) is 123 cm³/mol. The lowest BCUT2D eigenvalue weighted by Crippen LogP contribution is -2.45. The summed E-state index contributed by atoms with van der Waals surface area (Å²) in [5.74, 6) is 0.505. The van der Waals surface area contributed by atoms with Gasteiger partial charge in [0.2, 0.25) is 11.8 Å². The molecule has 2 aliphatic rings. The third kappa shape index (κ3) is 4.85. The fourth-order valence-corrected chi connectivity index (χ4v) is 4.57. The fourth-order valence-electron chi connectivity index (χ4n) is 4.57. The number of hydrogen-bond acceptors (Lipinski definition) is 7. The molecule has 0 radical (unpaired) electrons. The third-order valence-electron chi connectivity index (χ3n) is 6.49. The van der Waals surface area contributed by atoms with E-state index in [-0.39, 0.29) is 17.7 Å². The highest BCUT2D eigenvalue weighted by Gasteiger charge is 2.28. The number of aromatic nitrogens is 5. The van der Waals surface area contributed by atoms with Gasteiger partial charge in [0.25, 0.3) is 0 Å². The van der Waals surface area contributed by atoms with Crippen molar-refractivity contribution in [2.24, 2.45) is 13.0 Å². The number of nitrogens with zero attached hydrogens (tertiary/aromatic N) is 7. The van der Waals surface area contributed by atoms with E-state index in [0.29, 0.717) is 38.3 Å². The number of amides is 2. The van der Waals surface area contributed by atoms with Crippen molar-refractivity contribution in [3.05, 3.63) is 30.7 Å². The van der Waals surface area contributed by atoms with Gasteiger partial charge in [-0.15, -0.1) is 5.10 Å². The molecule has 2 saturated heterocycles. The second-order valence-corrected chi connectivity index (χ2v) is 8.89. The second-order valence-electron chi connectivity index (χ2n) is 8.89. The largest absolute Gasteiger partial charge is 0.342 e. The van der Waals surface area contributed by atoms with Crippen LogP contribution in [-0.4, -0.2) is 79.3 Å². The number of nitrogens with one attached hydrogen (secondary N) is 1. The maximum atomic E-state index is 12.9. The van der Waals surface area contributed by atoms with Crippen molar-refractivity contribution in [2.45, 2.75) is 25.7 Å². The van der Waals surface area contributed by atoms with Crippen molar-refractivity contribution in [1.82, 2.24) is 34.8 Å². The van der Waals surface area contributed by atoms with Crippen LogP contribution in [0.15, 0.2) is 30.7 Å². The molecule has 172 valence electrons. The Kier molecular flexibility index (Phi) is 5.99. The van der Waals surface area contributed by atoms with Gasteiger partial charge in [-0.25, -0.2) is 4.98 Å². The van der Waals surface area contributed by atoms with Crippen LogP contribution < -0.4 is 5.32 Å². The second kappa shape index (κ2) is 9.22. The number of anilines is 1. The lowest BCUT2D eigenvalue weighted by molar-refractivity contribution is -0.135. The van der Waals surface area contributed by atoms with Crippen LogP contribution in [0.3, 0.4) is 0 Å². The Morgan fingerprint density at radius 3 is 2.58 bits per heavy atom. The molecular formula is C23H28N8O2. The highest BCUT2D eigenvalue weighted by Crippen LogP contribution is 2.24. The summed E-state index contributed by atoms with van der Waals surface area (Å²) in [6, 6.07) is 3.79. The lowest BCUT2D eigenvalue weighted by Gasteiger charge is -2.32. The molecule has 0 spiro atoms. The number of carbonyl (C=O) groups excluding carboxylic acids is 2. The average Bonchev–Trinajstić information content (AvgIpc) is 3.50. The molecule has 3 aromatic rings. The average molecular weight is 449 g/mol. The van der Waals surface area contributed by atoms with Crippen molar-refractivity contribution in [2.75, 3.05) is 38.0 Å². The van der Waals surface area contributed by atoms with Crippen LogP contribution in [0.2, 0.25) is 0 Å². The molecule has 33 heavy (non-hydrogen) atoms. The molecule has 10 heteroatoms. The Bertz CT molecular complexity index is 1160. The van der Waals surface area contributed by atoms with E-state index in [1.807, 2.05) is 30.3 Å². The number of fused-ring (bicyclic) bond motifs is 1. The Balaban J connectivity index is 1.19. The van der Waals surface area contributed by atoms with E-state index >= 15 is 0 Å². The van der Waals surface area contributed by atoms with E-state index in [1.54, 1.807) is 17.1 Å². The van der Waals surface area contributed by atoms with Crippen molar-refractivity contribution < 1.29 is 9.59 Å². The zero-order valence-electron chi connectivity index (χ0n) is 18.8. The van der Waals surface area contributed by atoms with Gasteiger partial charge in [-0.3, -0.25) is 24.2 Å². The summed E-state index contributed by atoms with van der Waals surface area (Å²) in [7, 11) is 1.82. The Morgan fingerprint density at radius 2 is 1.85 bits per heavy atom. The van der Waals surface area contributed by atoms with Crippen LogP contribution in [0, 0.1) is 5.92 Å². The molecule has 2 fully saturated rings. The van der Waals surface area contributed by atoms with Gasteiger partial charge < -0.3 is 10.2 Å². The third-order valence-corrected chi connectivity index (χ3v) is 6.49. The summed E-state index contributed by atoms with van der Waals surface area (Å²) >= 11 is 0. The molecule has 10 nitrogen and oxygen atoms in total. The maximum absolute atomic E-state index is 12.9. The van der Waals surface area contributed by atoms with Gasteiger partial charge >= 0.3 is 0 Å². The van der Waals surface area contributed by atoms with Gasteiger partial charge in [-0.05, 0) is 50.9 Å². The predicted octanol–water partition coefficient (Wildman–Crippen LogP) is 1.70. The quantitative estimate of drug-likeness (QED) is 0.633. The highest BCUT2D eigenvalue weighted by molar-refractivity contribution is 5.94. The monoisotopic (exact) mass is 448 g/mol. The standard InChI is InChI=1S/C23H28N8O2/c1-29-14-20(27-28-29)18-10-17-11-21(25-13-19(17)24-12-18)26-23(33)16-4-8-31(9-5-16)22(32)15-30-6-2-3-7-30/h10-14,16H,2-9,15H2,1H3,(H,25,26,33). The molecular weight excluding hydrogens is 420 g/mol. The Morgan fingerprint density at radius 1 is 1.06 bits per heavy atom. The summed E-state index contributed by atoms with van der Waals surface area (Å²) in [5, 5.41) is 11.9. The van der Waals surface area contributed by atoms with Gasteiger partial charge in [-0.2, -0.15) is 0 Å². The molecule has 0 unspecified atom stereocenters. The summed E-state index contributed by atoms with van der Waals surface area (Å²) in [4.78, 5) is 38.3. The number of pyridine rings is 2. The Hall–Kier alpha value is -3.40. The van der Waals surface area contributed by atoms with E-state index < -0.39 is 0 Å². The number of rotatable bonds is 5. The van der Waals surface area contributed by atoms with Crippen LogP contribution in [0.5, 0.6) is 0 Å². The topological polar surface area (TPSA) is 109 Å². The van der Waals surface area contributed by atoms with Crippen LogP contribution in [0.4, 0.5) is 5.82 Å². The van der Waals surface area contributed by atoms with Crippen LogP contribution in [0.25, 0.3) is 22.2 Å². The molecule has 1 N–H and O–H groups in total. The smallest absolute Gasteiger partial charge is 0.236 e. The van der Waals surface area contributed by atoms with E-state index in [4.69, 9.17) is 0 Å². The molecule has 3 aromatic heterocycles. The summed E-state index contributed by atoms with van der Waals surface area (Å²) in [5.41, 5.74) is 2.33. The fraction of sp³-hybridized carbons (Fsp3) is 0.478. The first kappa shape index (κ1) is 21.4. The number of aryl methyl sites for hydroxylation is 1. The van der Waals surface area contributed by atoms with E-state index in [1.165, 1.54) is 12.8 Å². The van der Waals surface area contributed by atoms with Gasteiger partial charge in [-0.1, -0.05) is 5.21 Å². The molecule has 5 heterocycles. The van der Waals surface area contributed by atoms with Crippen LogP contribution in [-0.2, 0) is 16.6 Å². The van der Waals surface area contributed by atoms with E-state index in [2.05, 4.69) is 30.5 Å². The van der Waals surface area contributed by atoms with Gasteiger partial charge in [0.15, 0.2) is 0 Å².